The van der Waals surface area contributed by atoms with Crippen LogP contribution < -0.4 is 0 Å². The van der Waals surface area contributed by atoms with Crippen LogP contribution in [0.5, 0.6) is 0 Å². The van der Waals surface area contributed by atoms with Crippen LogP contribution in [-0.2, 0) is 11.2 Å². The Hall–Kier alpha value is -1.32. The summed E-state index contributed by atoms with van der Waals surface area (Å²) < 4.78 is 0. The average Bonchev–Trinajstić information content (AvgIpc) is 2.44. The summed E-state index contributed by atoms with van der Waals surface area (Å²) in [5, 5.41) is 16.3. The largest absolute Gasteiger partial charge is 0.481 e. The zero-order valence-electron chi connectivity index (χ0n) is 9.29. The zero-order chi connectivity index (χ0) is 11.2. The third-order valence-electron chi connectivity index (χ3n) is 3.12. The maximum Gasteiger partial charge on any atom is 0.311 e. The molecular weight excluding hydrogens is 192 g/mol. The molecule has 1 aliphatic rings. The quantitative estimate of drug-likeness (QED) is 0.740. The minimum atomic E-state index is -0.742. The fourth-order valence-corrected chi connectivity index (χ4v) is 2.48. The Labute approximate surface area is 88.7 Å². The summed E-state index contributed by atoms with van der Waals surface area (Å²) >= 11 is 0. The van der Waals surface area contributed by atoms with Crippen molar-refractivity contribution < 1.29 is 9.90 Å². The third-order valence-corrected chi connectivity index (χ3v) is 3.12. The number of nitrogens with zero attached hydrogens (tertiary/aromatic N) is 1. The number of rotatable bonds is 1. The van der Waals surface area contributed by atoms with Gasteiger partial charge in [0.1, 0.15) is 0 Å². The monoisotopic (exact) mass is 208 g/mol. The number of nitrogens with one attached hydrogen (secondary N) is 1. The van der Waals surface area contributed by atoms with Crippen molar-refractivity contribution >= 4 is 5.97 Å². The molecule has 82 valence electrons. The van der Waals surface area contributed by atoms with Gasteiger partial charge in [0.15, 0.2) is 0 Å². The van der Waals surface area contributed by atoms with Crippen LogP contribution in [0.3, 0.4) is 0 Å². The number of carboxylic acids is 1. The molecule has 0 fully saturated rings. The first kappa shape index (κ1) is 10.2. The molecule has 0 aromatic carbocycles. The lowest BCUT2D eigenvalue weighted by Crippen LogP contribution is -2.29. The summed E-state index contributed by atoms with van der Waals surface area (Å²) in [7, 11) is 0. The van der Waals surface area contributed by atoms with Crippen molar-refractivity contribution in [3.8, 4) is 0 Å². The van der Waals surface area contributed by atoms with E-state index in [2.05, 4.69) is 24.0 Å². The summed E-state index contributed by atoms with van der Waals surface area (Å²) in [6.07, 6.45) is 1.55. The standard InChI is InChI=1S/C11H16N2O2/c1-6-9-7(10(14)15)4-11(2,3)5-8(9)13-12-6/h7H,4-5H2,1-3H3,(H,12,13)(H,14,15). The van der Waals surface area contributed by atoms with Gasteiger partial charge in [-0.1, -0.05) is 13.8 Å². The minimum Gasteiger partial charge on any atom is -0.481 e. The molecule has 2 rings (SSSR count). The molecule has 0 saturated carbocycles. The van der Waals surface area contributed by atoms with E-state index in [-0.39, 0.29) is 5.41 Å². The maximum absolute atomic E-state index is 11.2. The molecule has 1 aromatic rings. The van der Waals surface area contributed by atoms with Crippen LogP contribution in [0, 0.1) is 12.3 Å². The van der Waals surface area contributed by atoms with Gasteiger partial charge in [-0.25, -0.2) is 0 Å². The second-order valence-electron chi connectivity index (χ2n) is 5.14. The number of hydrogen-bond donors (Lipinski definition) is 2. The van der Waals surface area contributed by atoms with Crippen LogP contribution in [0.1, 0.15) is 43.1 Å². The topological polar surface area (TPSA) is 66.0 Å². The van der Waals surface area contributed by atoms with Crippen molar-refractivity contribution in [2.75, 3.05) is 0 Å². The number of aromatic amines is 1. The van der Waals surface area contributed by atoms with Gasteiger partial charge in [0.25, 0.3) is 0 Å². The van der Waals surface area contributed by atoms with Gasteiger partial charge in [0, 0.05) is 11.3 Å². The summed E-state index contributed by atoms with van der Waals surface area (Å²) in [5.74, 6) is -1.14. The minimum absolute atomic E-state index is 0.0255. The second kappa shape index (κ2) is 3.08. The molecule has 1 unspecified atom stereocenters. The third kappa shape index (κ3) is 1.64. The van der Waals surface area contributed by atoms with Gasteiger partial charge < -0.3 is 5.11 Å². The molecule has 0 radical (unpaired) electrons. The Bertz CT molecular complexity index is 407. The van der Waals surface area contributed by atoms with Crippen LogP contribution in [-0.4, -0.2) is 21.3 Å². The van der Waals surface area contributed by atoms with Crippen LogP contribution >= 0.6 is 0 Å². The predicted octanol–water partition coefficient (Wildman–Crippen LogP) is 1.86. The van der Waals surface area contributed by atoms with E-state index in [0.717, 1.165) is 23.4 Å². The Kier molecular flexibility index (Phi) is 2.10. The summed E-state index contributed by atoms with van der Waals surface area (Å²) in [6, 6.07) is 0. The number of fused-ring (bicyclic) bond motifs is 1. The number of H-pyrrole nitrogens is 1. The van der Waals surface area contributed by atoms with Crippen LogP contribution in [0.4, 0.5) is 0 Å². The van der Waals surface area contributed by atoms with Gasteiger partial charge in [-0.2, -0.15) is 5.10 Å². The SMILES string of the molecule is Cc1[nH]nc2c1C(C(=O)O)CC(C)(C)C2. The fourth-order valence-electron chi connectivity index (χ4n) is 2.48. The Balaban J connectivity index is 2.50. The predicted molar refractivity (Wildman–Crippen MR) is 55.8 cm³/mol. The zero-order valence-corrected chi connectivity index (χ0v) is 9.29. The van der Waals surface area contributed by atoms with E-state index in [1.54, 1.807) is 0 Å². The Morgan fingerprint density at radius 2 is 2.27 bits per heavy atom. The number of aromatic nitrogens is 2. The van der Waals surface area contributed by atoms with Gasteiger partial charge in [0.05, 0.1) is 11.6 Å². The molecule has 0 bridgehead atoms. The molecule has 1 atom stereocenters. The molecule has 0 aliphatic heterocycles. The number of hydrogen-bond acceptors (Lipinski definition) is 2. The van der Waals surface area contributed by atoms with Crippen molar-refractivity contribution in [3.63, 3.8) is 0 Å². The number of carbonyl (C=O) groups is 1. The molecule has 2 N–H and O–H groups in total. The van der Waals surface area contributed by atoms with E-state index in [0.29, 0.717) is 6.42 Å². The van der Waals surface area contributed by atoms with Crippen molar-refractivity contribution in [1.29, 1.82) is 0 Å². The molecule has 1 heterocycles. The molecule has 1 aromatic heterocycles. The van der Waals surface area contributed by atoms with Crippen molar-refractivity contribution in [3.05, 3.63) is 17.0 Å². The molecule has 0 saturated heterocycles. The highest BCUT2D eigenvalue weighted by Crippen LogP contribution is 2.42. The highest BCUT2D eigenvalue weighted by molar-refractivity contribution is 5.77. The van der Waals surface area contributed by atoms with Gasteiger partial charge in [0.2, 0.25) is 0 Å². The van der Waals surface area contributed by atoms with E-state index in [1.807, 2.05) is 6.92 Å². The van der Waals surface area contributed by atoms with Crippen molar-refractivity contribution in [1.82, 2.24) is 10.2 Å². The Morgan fingerprint density at radius 3 is 2.87 bits per heavy atom. The van der Waals surface area contributed by atoms with Gasteiger partial charge >= 0.3 is 5.97 Å². The lowest BCUT2D eigenvalue weighted by atomic mass is 9.71. The lowest BCUT2D eigenvalue weighted by Gasteiger charge is -2.32. The smallest absolute Gasteiger partial charge is 0.311 e. The van der Waals surface area contributed by atoms with Gasteiger partial charge in [-0.15, -0.1) is 0 Å². The normalized spacial score (nSPS) is 23.5. The molecule has 0 spiro atoms. The fraction of sp³-hybridized carbons (Fsp3) is 0.636. The molecule has 4 nitrogen and oxygen atoms in total. The first-order valence-electron chi connectivity index (χ1n) is 5.17. The van der Waals surface area contributed by atoms with Crippen molar-refractivity contribution in [2.45, 2.75) is 39.5 Å². The van der Waals surface area contributed by atoms with E-state index in [1.165, 1.54) is 0 Å². The maximum atomic E-state index is 11.2. The number of aliphatic carboxylic acids is 1. The Morgan fingerprint density at radius 1 is 1.60 bits per heavy atom. The second-order valence-corrected chi connectivity index (χ2v) is 5.14. The van der Waals surface area contributed by atoms with E-state index >= 15 is 0 Å². The highest BCUT2D eigenvalue weighted by Gasteiger charge is 2.38. The van der Waals surface area contributed by atoms with Crippen LogP contribution in [0.25, 0.3) is 0 Å². The van der Waals surface area contributed by atoms with Crippen LogP contribution in [0.2, 0.25) is 0 Å². The number of carboxylic acid groups (broad SMARTS) is 1. The molecule has 15 heavy (non-hydrogen) atoms. The summed E-state index contributed by atoms with van der Waals surface area (Å²) in [5.41, 5.74) is 2.75. The van der Waals surface area contributed by atoms with E-state index < -0.39 is 11.9 Å². The molecule has 1 aliphatic carbocycles. The summed E-state index contributed by atoms with van der Waals surface area (Å²) in [4.78, 5) is 11.2. The van der Waals surface area contributed by atoms with Crippen molar-refractivity contribution in [2.24, 2.45) is 5.41 Å². The van der Waals surface area contributed by atoms with Crippen LogP contribution in [0.15, 0.2) is 0 Å². The first-order valence-corrected chi connectivity index (χ1v) is 5.17. The highest BCUT2D eigenvalue weighted by atomic mass is 16.4. The first-order chi connectivity index (χ1) is 6.91. The average molecular weight is 208 g/mol. The molecular formula is C11H16N2O2. The summed E-state index contributed by atoms with van der Waals surface area (Å²) in [6.45, 7) is 6.08. The van der Waals surface area contributed by atoms with E-state index in [4.69, 9.17) is 0 Å². The lowest BCUT2D eigenvalue weighted by molar-refractivity contribution is -0.139. The van der Waals surface area contributed by atoms with E-state index in [9.17, 15) is 9.90 Å². The van der Waals surface area contributed by atoms with Gasteiger partial charge in [-0.05, 0) is 25.2 Å². The van der Waals surface area contributed by atoms with Gasteiger partial charge in [-0.3, -0.25) is 9.89 Å². The molecule has 0 amide bonds. The number of aryl methyl sites for hydroxylation is 1. The molecule has 4 heteroatoms.